The predicted octanol–water partition coefficient (Wildman–Crippen LogP) is 4.17. The van der Waals surface area contributed by atoms with E-state index >= 15 is 0 Å². The fourth-order valence-corrected chi connectivity index (χ4v) is 3.50. The Hall–Kier alpha value is -1.52. The van der Waals surface area contributed by atoms with Gasteiger partial charge in [0, 0.05) is 17.7 Å². The third-order valence-corrected chi connectivity index (χ3v) is 4.76. The Morgan fingerprint density at radius 2 is 1.92 bits per heavy atom. The molecule has 0 bridgehead atoms. The van der Waals surface area contributed by atoms with Crippen LogP contribution >= 0.6 is 27.5 Å². The summed E-state index contributed by atoms with van der Waals surface area (Å²) in [5, 5.41) is 9.37. The maximum absolute atomic E-state index is 11.4. The summed E-state index contributed by atoms with van der Waals surface area (Å²) in [7, 11) is -3.10. The van der Waals surface area contributed by atoms with Crippen molar-refractivity contribution in [1.82, 2.24) is 0 Å². The lowest BCUT2D eigenvalue weighted by molar-refractivity contribution is 0.305. The molecule has 4 nitrogen and oxygen atoms in total. The Bertz CT molecular complexity index is 930. The molecule has 0 unspecified atom stereocenters. The van der Waals surface area contributed by atoms with Crippen molar-refractivity contribution in [3.05, 3.63) is 57.0 Å². The first-order valence-corrected chi connectivity index (χ1v) is 10.5. The van der Waals surface area contributed by atoms with Gasteiger partial charge in [0.05, 0.1) is 22.4 Å². The first-order chi connectivity index (χ1) is 11.8. The van der Waals surface area contributed by atoms with E-state index in [4.69, 9.17) is 21.4 Å². The van der Waals surface area contributed by atoms with Crippen LogP contribution in [0.4, 0.5) is 0 Å². The van der Waals surface area contributed by atoms with E-state index in [0.29, 0.717) is 38.5 Å². The van der Waals surface area contributed by atoms with Crippen molar-refractivity contribution in [3.63, 3.8) is 0 Å². The molecule has 0 aliphatic carbocycles. The molecule has 2 aromatic carbocycles. The first-order valence-electron chi connectivity index (χ1n) is 7.32. The molecule has 0 aliphatic heterocycles. The zero-order chi connectivity index (χ0) is 18.4. The highest BCUT2D eigenvalue weighted by atomic mass is 79.9. The van der Waals surface area contributed by atoms with Crippen molar-refractivity contribution >= 4 is 37.4 Å². The molecule has 0 amide bonds. The van der Waals surface area contributed by atoms with Gasteiger partial charge in [-0.2, -0.15) is 0 Å². The molecule has 0 aromatic heterocycles. The summed E-state index contributed by atoms with van der Waals surface area (Å²) in [4.78, 5) is 0. The molecule has 25 heavy (non-hydrogen) atoms. The number of aliphatic hydroxyl groups is 1. The minimum Gasteiger partial charge on any atom is -0.455 e. The number of ether oxygens (including phenoxy) is 1. The summed E-state index contributed by atoms with van der Waals surface area (Å²) in [6, 6.07) is 10.2. The van der Waals surface area contributed by atoms with Gasteiger partial charge < -0.3 is 9.84 Å². The van der Waals surface area contributed by atoms with Crippen LogP contribution in [0.1, 0.15) is 17.5 Å². The van der Waals surface area contributed by atoms with Crippen LogP contribution in [0.15, 0.2) is 40.9 Å². The van der Waals surface area contributed by atoms with Gasteiger partial charge in [0.25, 0.3) is 0 Å². The molecule has 2 rings (SSSR count). The lowest BCUT2D eigenvalue weighted by Gasteiger charge is -2.11. The molecule has 0 saturated heterocycles. The number of halogens is 2. The highest BCUT2D eigenvalue weighted by molar-refractivity contribution is 9.10. The summed E-state index contributed by atoms with van der Waals surface area (Å²) < 4.78 is 29.3. The monoisotopic (exact) mass is 442 g/mol. The van der Waals surface area contributed by atoms with Crippen LogP contribution in [0.5, 0.6) is 11.5 Å². The van der Waals surface area contributed by atoms with Gasteiger partial charge in [0.15, 0.2) is 9.84 Å². The van der Waals surface area contributed by atoms with E-state index in [2.05, 4.69) is 27.8 Å². The molecule has 132 valence electrons. The number of hydrogen-bond donors (Lipinski definition) is 1. The Morgan fingerprint density at radius 1 is 1.20 bits per heavy atom. The number of benzene rings is 2. The Kier molecular flexibility index (Phi) is 6.91. The van der Waals surface area contributed by atoms with Crippen molar-refractivity contribution in [2.24, 2.45) is 0 Å². The van der Waals surface area contributed by atoms with Crippen molar-refractivity contribution in [2.75, 3.05) is 12.9 Å². The number of sulfone groups is 1. The average Bonchev–Trinajstić information content (AvgIpc) is 2.51. The van der Waals surface area contributed by atoms with Crippen molar-refractivity contribution in [2.45, 2.75) is 12.2 Å². The minimum atomic E-state index is -3.10. The van der Waals surface area contributed by atoms with Gasteiger partial charge in [-0.15, -0.1) is 0 Å². The average molecular weight is 444 g/mol. The van der Waals surface area contributed by atoms with E-state index in [1.54, 1.807) is 36.4 Å². The lowest BCUT2D eigenvalue weighted by Crippen LogP contribution is -2.00. The number of rotatable bonds is 5. The molecule has 0 heterocycles. The fourth-order valence-electron chi connectivity index (χ4n) is 2.04. The third-order valence-electron chi connectivity index (χ3n) is 3.05. The van der Waals surface area contributed by atoms with Gasteiger partial charge in [0.1, 0.15) is 11.5 Å². The van der Waals surface area contributed by atoms with Crippen LogP contribution in [0.3, 0.4) is 0 Å². The summed E-state index contributed by atoms with van der Waals surface area (Å²) in [5.41, 5.74) is 1.27. The van der Waals surface area contributed by atoms with Crippen molar-refractivity contribution < 1.29 is 18.3 Å². The molecule has 0 atom stereocenters. The molecular formula is C18H16BrClO4S. The van der Waals surface area contributed by atoms with Gasteiger partial charge >= 0.3 is 0 Å². The van der Waals surface area contributed by atoms with E-state index in [1.165, 1.54) is 6.26 Å². The summed E-state index contributed by atoms with van der Waals surface area (Å²) in [6.07, 6.45) is 1.55. The molecule has 0 radical (unpaired) electrons. The summed E-state index contributed by atoms with van der Waals surface area (Å²) in [6.45, 7) is -0.0168. The number of aliphatic hydroxyl groups excluding tert-OH is 1. The van der Waals surface area contributed by atoms with Crippen LogP contribution in [-0.2, 0) is 15.6 Å². The molecule has 0 aliphatic rings. The highest BCUT2D eigenvalue weighted by Gasteiger charge is 2.10. The van der Waals surface area contributed by atoms with Gasteiger partial charge in [-0.25, -0.2) is 8.42 Å². The second-order valence-corrected chi connectivity index (χ2v) is 8.78. The Balaban J connectivity index is 2.29. The maximum atomic E-state index is 11.4. The molecule has 0 fully saturated rings. The molecular weight excluding hydrogens is 428 g/mol. The standard InChI is InChI=1S/C18H16BrClO4S/c1-25(22,23)12-13-5-7-18(16(19)10-13)24-17-8-6-15(20)11-14(17)4-2-3-9-21/h5-8,10-11,21H,3,9,12H2,1H3. The van der Waals surface area contributed by atoms with Crippen molar-refractivity contribution in [3.8, 4) is 23.3 Å². The molecule has 7 heteroatoms. The van der Waals surface area contributed by atoms with Gasteiger partial charge in [-0.05, 0) is 51.8 Å². The minimum absolute atomic E-state index is 0.0168. The van der Waals surface area contributed by atoms with Crippen LogP contribution in [-0.4, -0.2) is 26.4 Å². The van der Waals surface area contributed by atoms with E-state index in [1.807, 2.05) is 0 Å². The second kappa shape index (κ2) is 8.72. The van der Waals surface area contributed by atoms with Gasteiger partial charge in [0.2, 0.25) is 0 Å². The van der Waals surface area contributed by atoms with Gasteiger partial charge in [-0.1, -0.05) is 29.5 Å². The first kappa shape index (κ1) is 19.8. The quantitative estimate of drug-likeness (QED) is 0.704. The largest absolute Gasteiger partial charge is 0.455 e. The van der Waals surface area contributed by atoms with Crippen LogP contribution in [0, 0.1) is 11.8 Å². The van der Waals surface area contributed by atoms with E-state index in [9.17, 15) is 8.42 Å². The third kappa shape index (κ3) is 6.37. The van der Waals surface area contributed by atoms with E-state index in [0.717, 1.165) is 0 Å². The molecule has 2 aromatic rings. The molecule has 0 saturated carbocycles. The van der Waals surface area contributed by atoms with Crippen molar-refractivity contribution in [1.29, 1.82) is 0 Å². The lowest BCUT2D eigenvalue weighted by atomic mass is 10.2. The van der Waals surface area contributed by atoms with E-state index < -0.39 is 9.84 Å². The predicted molar refractivity (Wildman–Crippen MR) is 103 cm³/mol. The maximum Gasteiger partial charge on any atom is 0.151 e. The van der Waals surface area contributed by atoms with Gasteiger partial charge in [-0.3, -0.25) is 0 Å². The summed E-state index contributed by atoms with van der Waals surface area (Å²) in [5.74, 6) is 6.78. The van der Waals surface area contributed by atoms with E-state index in [-0.39, 0.29) is 12.4 Å². The highest BCUT2D eigenvalue weighted by Crippen LogP contribution is 2.33. The summed E-state index contributed by atoms with van der Waals surface area (Å²) >= 11 is 9.41. The molecule has 0 spiro atoms. The Morgan fingerprint density at radius 3 is 2.56 bits per heavy atom. The fraction of sp³-hybridized carbons (Fsp3) is 0.222. The zero-order valence-corrected chi connectivity index (χ0v) is 16.6. The topological polar surface area (TPSA) is 63.6 Å². The van der Waals surface area contributed by atoms with Crippen LogP contribution in [0.2, 0.25) is 5.02 Å². The second-order valence-electron chi connectivity index (χ2n) is 5.35. The number of hydrogen-bond acceptors (Lipinski definition) is 4. The molecule has 1 N–H and O–H groups in total. The zero-order valence-electron chi connectivity index (χ0n) is 13.4. The smallest absolute Gasteiger partial charge is 0.151 e. The Labute approximate surface area is 160 Å². The van der Waals surface area contributed by atoms with Crippen LogP contribution in [0.25, 0.3) is 0 Å². The normalized spacial score (nSPS) is 10.9. The SMILES string of the molecule is CS(=O)(=O)Cc1ccc(Oc2ccc(Cl)cc2C#CCCO)c(Br)c1. The van der Waals surface area contributed by atoms with Crippen LogP contribution < -0.4 is 4.74 Å².